The third-order valence-corrected chi connectivity index (χ3v) is 3.76. The molecule has 0 atom stereocenters. The van der Waals surface area contributed by atoms with Crippen molar-refractivity contribution in [3.8, 4) is 11.1 Å². The molecule has 1 aromatic heterocycles. The normalized spacial score (nSPS) is 10.4. The van der Waals surface area contributed by atoms with Gasteiger partial charge in [0.2, 0.25) is 0 Å². The van der Waals surface area contributed by atoms with E-state index in [4.69, 9.17) is 5.21 Å². The van der Waals surface area contributed by atoms with Crippen molar-refractivity contribution in [2.75, 3.05) is 0 Å². The fourth-order valence-electron chi connectivity index (χ4n) is 2.57. The molecule has 0 spiro atoms. The summed E-state index contributed by atoms with van der Waals surface area (Å²) in [4.78, 5) is 37.1. The monoisotopic (exact) mass is 337 g/mol. The fourth-order valence-corrected chi connectivity index (χ4v) is 2.57. The molecule has 3 aromatic rings. The first-order chi connectivity index (χ1) is 12.1. The Balaban J connectivity index is 2.06. The highest BCUT2D eigenvalue weighted by Gasteiger charge is 2.13. The summed E-state index contributed by atoms with van der Waals surface area (Å²) in [6.45, 7) is 0.233. The molecule has 2 aromatic carbocycles. The molecule has 7 heteroatoms. The molecule has 0 aliphatic heterocycles. The Kier molecular flexibility index (Phi) is 4.58. The average molecular weight is 337 g/mol. The average Bonchev–Trinajstić information content (AvgIpc) is 2.64. The lowest BCUT2D eigenvalue weighted by molar-refractivity contribution is 0.0707. The van der Waals surface area contributed by atoms with Gasteiger partial charge in [-0.1, -0.05) is 36.4 Å². The van der Waals surface area contributed by atoms with Crippen molar-refractivity contribution in [1.82, 2.24) is 15.0 Å². The minimum atomic E-state index is -0.619. The maximum Gasteiger partial charge on any atom is 0.328 e. The maximum absolute atomic E-state index is 11.9. The summed E-state index contributed by atoms with van der Waals surface area (Å²) in [7, 11) is 0. The summed E-state index contributed by atoms with van der Waals surface area (Å²) >= 11 is 0. The van der Waals surface area contributed by atoms with E-state index in [1.165, 1.54) is 16.8 Å². The lowest BCUT2D eigenvalue weighted by Crippen LogP contribution is -2.28. The van der Waals surface area contributed by atoms with Crippen LogP contribution >= 0.6 is 0 Å². The van der Waals surface area contributed by atoms with Crippen molar-refractivity contribution >= 4 is 5.91 Å². The number of amides is 1. The number of carbonyl (C=O) groups excluding carboxylic acids is 1. The summed E-state index contributed by atoms with van der Waals surface area (Å²) < 4.78 is 1.36. The van der Waals surface area contributed by atoms with E-state index in [2.05, 4.69) is 4.98 Å². The molecule has 7 nitrogen and oxygen atoms in total. The van der Waals surface area contributed by atoms with Crippen molar-refractivity contribution in [3.05, 3.63) is 92.8 Å². The molecule has 0 radical (unpaired) electrons. The van der Waals surface area contributed by atoms with Gasteiger partial charge in [0.05, 0.1) is 6.54 Å². The summed E-state index contributed by atoms with van der Waals surface area (Å²) in [6, 6.07) is 15.6. The van der Waals surface area contributed by atoms with Crippen LogP contribution in [0.2, 0.25) is 0 Å². The van der Waals surface area contributed by atoms with Gasteiger partial charge in [0.15, 0.2) is 0 Å². The fraction of sp³-hybridized carbons (Fsp3) is 0.0556. The molecule has 1 heterocycles. The molecule has 25 heavy (non-hydrogen) atoms. The summed E-state index contributed by atoms with van der Waals surface area (Å²) in [5.41, 5.74) is 3.18. The van der Waals surface area contributed by atoms with Crippen LogP contribution in [-0.4, -0.2) is 20.7 Å². The van der Waals surface area contributed by atoms with Gasteiger partial charge in [0.1, 0.15) is 0 Å². The quantitative estimate of drug-likeness (QED) is 0.494. The van der Waals surface area contributed by atoms with Crippen LogP contribution in [0.5, 0.6) is 0 Å². The van der Waals surface area contributed by atoms with Crippen LogP contribution in [0.15, 0.2) is 70.4 Å². The zero-order valence-corrected chi connectivity index (χ0v) is 13.1. The number of rotatable bonds is 4. The number of benzene rings is 2. The number of aromatic nitrogens is 2. The molecule has 0 aliphatic rings. The summed E-state index contributed by atoms with van der Waals surface area (Å²) in [5.74, 6) is -0.619. The second-order valence-electron chi connectivity index (χ2n) is 5.42. The molecule has 0 saturated carbocycles. The van der Waals surface area contributed by atoms with Crippen molar-refractivity contribution in [1.29, 1.82) is 0 Å². The van der Waals surface area contributed by atoms with Crippen molar-refractivity contribution in [2.24, 2.45) is 0 Å². The maximum atomic E-state index is 11.9. The first-order valence-corrected chi connectivity index (χ1v) is 7.51. The molecule has 126 valence electrons. The SMILES string of the molecule is O=C(NO)c1ccc(Cn2ccc(=O)[nH]c2=O)cc1-c1ccccc1. The largest absolute Gasteiger partial charge is 0.328 e. The predicted molar refractivity (Wildman–Crippen MR) is 91.6 cm³/mol. The van der Waals surface area contributed by atoms with E-state index in [9.17, 15) is 14.4 Å². The van der Waals surface area contributed by atoms with Gasteiger partial charge >= 0.3 is 5.69 Å². The van der Waals surface area contributed by atoms with Crippen LogP contribution in [0.1, 0.15) is 15.9 Å². The summed E-state index contributed by atoms with van der Waals surface area (Å²) in [5, 5.41) is 8.95. The third kappa shape index (κ3) is 3.56. The Morgan fingerprint density at radius 3 is 2.52 bits per heavy atom. The van der Waals surface area contributed by atoms with Gasteiger partial charge in [0.25, 0.3) is 11.5 Å². The molecule has 0 saturated heterocycles. The van der Waals surface area contributed by atoms with Crippen molar-refractivity contribution < 1.29 is 10.0 Å². The Morgan fingerprint density at radius 2 is 1.84 bits per heavy atom. The minimum absolute atomic E-state index is 0.233. The van der Waals surface area contributed by atoms with Crippen molar-refractivity contribution in [3.63, 3.8) is 0 Å². The lowest BCUT2D eigenvalue weighted by Gasteiger charge is -2.12. The van der Waals surface area contributed by atoms with Crippen LogP contribution in [0.25, 0.3) is 11.1 Å². The number of nitrogens with zero attached hydrogens (tertiary/aromatic N) is 1. The molecule has 0 aliphatic carbocycles. The van der Waals surface area contributed by atoms with Gasteiger partial charge < -0.3 is 0 Å². The van der Waals surface area contributed by atoms with Gasteiger partial charge in [-0.05, 0) is 28.8 Å². The van der Waals surface area contributed by atoms with E-state index in [0.29, 0.717) is 11.1 Å². The van der Waals surface area contributed by atoms with Gasteiger partial charge in [0, 0.05) is 17.8 Å². The first kappa shape index (κ1) is 16.4. The Hall–Kier alpha value is -3.45. The second kappa shape index (κ2) is 6.98. The number of aromatic amines is 1. The highest BCUT2D eigenvalue weighted by atomic mass is 16.5. The highest BCUT2D eigenvalue weighted by Crippen LogP contribution is 2.25. The smallest absolute Gasteiger partial charge is 0.296 e. The third-order valence-electron chi connectivity index (χ3n) is 3.76. The predicted octanol–water partition coefficient (Wildman–Crippen LogP) is 1.37. The number of hydrogen-bond acceptors (Lipinski definition) is 4. The Morgan fingerprint density at radius 1 is 1.08 bits per heavy atom. The molecule has 3 N–H and O–H groups in total. The standard InChI is InChI=1S/C18H15N3O4/c22-16-8-9-21(18(24)19-16)11-12-6-7-14(17(23)20-25)15(10-12)13-4-2-1-3-5-13/h1-10,25H,11H2,(H,20,23)(H,19,22,24). The topological polar surface area (TPSA) is 104 Å². The van der Waals surface area contributed by atoms with Gasteiger partial charge in [-0.2, -0.15) is 0 Å². The molecule has 3 rings (SSSR count). The Labute approximate surface area is 142 Å². The van der Waals surface area contributed by atoms with Crippen LogP contribution in [0.4, 0.5) is 0 Å². The number of H-pyrrole nitrogens is 1. The van der Waals surface area contributed by atoms with E-state index in [0.717, 1.165) is 11.1 Å². The van der Waals surface area contributed by atoms with E-state index in [-0.39, 0.29) is 6.54 Å². The minimum Gasteiger partial charge on any atom is -0.296 e. The zero-order valence-electron chi connectivity index (χ0n) is 13.1. The molecular weight excluding hydrogens is 322 g/mol. The van der Waals surface area contributed by atoms with E-state index in [1.807, 2.05) is 30.3 Å². The van der Waals surface area contributed by atoms with Crippen LogP contribution in [0.3, 0.4) is 0 Å². The molecule has 0 unspecified atom stereocenters. The number of hydroxylamine groups is 1. The Bertz CT molecular complexity index is 1020. The number of hydrogen-bond donors (Lipinski definition) is 3. The second-order valence-corrected chi connectivity index (χ2v) is 5.42. The number of nitrogens with one attached hydrogen (secondary N) is 2. The van der Waals surface area contributed by atoms with E-state index >= 15 is 0 Å². The zero-order chi connectivity index (χ0) is 17.8. The van der Waals surface area contributed by atoms with Gasteiger partial charge in [-0.3, -0.25) is 24.3 Å². The van der Waals surface area contributed by atoms with E-state index in [1.54, 1.807) is 23.7 Å². The molecule has 0 bridgehead atoms. The van der Waals surface area contributed by atoms with Gasteiger partial charge in [-0.15, -0.1) is 0 Å². The van der Waals surface area contributed by atoms with Crippen LogP contribution in [-0.2, 0) is 6.54 Å². The lowest BCUT2D eigenvalue weighted by atomic mass is 9.97. The molecule has 0 fully saturated rings. The van der Waals surface area contributed by atoms with Crippen molar-refractivity contribution in [2.45, 2.75) is 6.54 Å². The van der Waals surface area contributed by atoms with E-state index < -0.39 is 17.2 Å². The van der Waals surface area contributed by atoms with Crippen LogP contribution < -0.4 is 16.7 Å². The van der Waals surface area contributed by atoms with Gasteiger partial charge in [-0.25, -0.2) is 10.3 Å². The highest BCUT2D eigenvalue weighted by molar-refractivity contribution is 6.00. The molecule has 1 amide bonds. The van der Waals surface area contributed by atoms with Crippen LogP contribution in [0, 0.1) is 0 Å². The molecular formula is C18H15N3O4. The first-order valence-electron chi connectivity index (χ1n) is 7.51. The number of carbonyl (C=O) groups is 1. The summed E-state index contributed by atoms with van der Waals surface area (Å²) in [6.07, 6.45) is 1.41.